The first-order chi connectivity index (χ1) is 9.06. The van der Waals surface area contributed by atoms with Crippen molar-refractivity contribution in [2.24, 2.45) is 5.92 Å². The Kier molecular flexibility index (Phi) is 4.74. The highest BCUT2D eigenvalue weighted by Crippen LogP contribution is 2.20. The van der Waals surface area contributed by atoms with Crippen LogP contribution in [0.25, 0.3) is 0 Å². The van der Waals surface area contributed by atoms with E-state index in [4.69, 9.17) is 5.73 Å². The number of anilines is 1. The molecule has 0 radical (unpaired) electrons. The summed E-state index contributed by atoms with van der Waals surface area (Å²) in [6.07, 6.45) is 1.67. The van der Waals surface area contributed by atoms with E-state index in [0.717, 1.165) is 27.9 Å². The Labute approximate surface area is 127 Å². The fraction of sp³-hybridized carbons (Fsp3) is 0.333. The van der Waals surface area contributed by atoms with Gasteiger partial charge in [-0.15, -0.1) is 0 Å². The smallest absolute Gasteiger partial charge is 0.140 e. The number of aromatic nitrogens is 2. The summed E-state index contributed by atoms with van der Waals surface area (Å²) in [6.45, 7) is 4.37. The van der Waals surface area contributed by atoms with Crippen LogP contribution in [0.1, 0.15) is 30.9 Å². The molecular formula is C15H18IN3. The van der Waals surface area contributed by atoms with Gasteiger partial charge in [-0.1, -0.05) is 44.2 Å². The van der Waals surface area contributed by atoms with Gasteiger partial charge in [-0.3, -0.25) is 0 Å². The number of nitrogen functional groups attached to an aromatic ring is 1. The molecule has 0 spiro atoms. The summed E-state index contributed by atoms with van der Waals surface area (Å²) in [4.78, 5) is 9.07. The zero-order chi connectivity index (χ0) is 13.8. The van der Waals surface area contributed by atoms with Crippen molar-refractivity contribution in [2.75, 3.05) is 5.73 Å². The zero-order valence-corrected chi connectivity index (χ0v) is 13.4. The van der Waals surface area contributed by atoms with E-state index in [1.54, 1.807) is 0 Å². The summed E-state index contributed by atoms with van der Waals surface area (Å²) in [7, 11) is 0. The monoisotopic (exact) mass is 367 g/mol. The summed E-state index contributed by atoms with van der Waals surface area (Å²) in [5, 5.41) is 0. The van der Waals surface area contributed by atoms with Crippen LogP contribution in [0, 0.1) is 9.49 Å². The summed E-state index contributed by atoms with van der Waals surface area (Å²) in [5.74, 6) is 1.96. The Morgan fingerprint density at radius 1 is 1.16 bits per heavy atom. The van der Waals surface area contributed by atoms with Crippen LogP contribution in [-0.2, 0) is 12.8 Å². The van der Waals surface area contributed by atoms with Crippen LogP contribution in [0.3, 0.4) is 0 Å². The van der Waals surface area contributed by atoms with Gasteiger partial charge < -0.3 is 5.73 Å². The molecular weight excluding hydrogens is 349 g/mol. The van der Waals surface area contributed by atoms with Gasteiger partial charge in [0.2, 0.25) is 0 Å². The summed E-state index contributed by atoms with van der Waals surface area (Å²) in [5.41, 5.74) is 8.26. The maximum absolute atomic E-state index is 5.99. The lowest BCUT2D eigenvalue weighted by Gasteiger charge is -2.10. The van der Waals surface area contributed by atoms with Crippen LogP contribution >= 0.6 is 22.6 Å². The Hall–Kier alpha value is -1.17. The molecule has 1 heterocycles. The lowest BCUT2D eigenvalue weighted by molar-refractivity contribution is 0.629. The molecule has 0 atom stereocenters. The van der Waals surface area contributed by atoms with Crippen molar-refractivity contribution in [2.45, 2.75) is 26.7 Å². The fourth-order valence-corrected chi connectivity index (χ4v) is 2.41. The molecule has 0 unspecified atom stereocenters. The third-order valence-electron chi connectivity index (χ3n) is 2.80. The van der Waals surface area contributed by atoms with E-state index in [1.807, 2.05) is 18.2 Å². The van der Waals surface area contributed by atoms with Gasteiger partial charge in [0.25, 0.3) is 0 Å². The van der Waals surface area contributed by atoms with E-state index < -0.39 is 0 Å². The molecule has 1 aromatic carbocycles. The maximum atomic E-state index is 5.99. The van der Waals surface area contributed by atoms with Crippen LogP contribution in [0.4, 0.5) is 5.82 Å². The number of hydrogen-bond acceptors (Lipinski definition) is 3. The molecule has 3 nitrogen and oxygen atoms in total. The average Bonchev–Trinajstić information content (AvgIpc) is 2.36. The molecule has 0 aliphatic rings. The lowest BCUT2D eigenvalue weighted by Crippen LogP contribution is -2.09. The van der Waals surface area contributed by atoms with E-state index in [-0.39, 0.29) is 0 Å². The van der Waals surface area contributed by atoms with Gasteiger partial charge in [0.05, 0.1) is 9.26 Å². The Morgan fingerprint density at radius 2 is 1.84 bits per heavy atom. The van der Waals surface area contributed by atoms with Crippen molar-refractivity contribution in [3.63, 3.8) is 0 Å². The second-order valence-corrected chi connectivity index (χ2v) is 6.12. The molecule has 2 aromatic rings. The van der Waals surface area contributed by atoms with Gasteiger partial charge >= 0.3 is 0 Å². The molecule has 100 valence electrons. The normalized spacial score (nSPS) is 10.9. The van der Waals surface area contributed by atoms with E-state index in [0.29, 0.717) is 11.7 Å². The maximum Gasteiger partial charge on any atom is 0.140 e. The van der Waals surface area contributed by atoms with Crippen molar-refractivity contribution in [3.8, 4) is 0 Å². The number of hydrogen-bond donors (Lipinski definition) is 1. The minimum Gasteiger partial charge on any atom is -0.383 e. The van der Waals surface area contributed by atoms with Gasteiger partial charge in [0, 0.05) is 6.42 Å². The number of benzene rings is 1. The second-order valence-electron chi connectivity index (χ2n) is 5.05. The van der Waals surface area contributed by atoms with Crippen LogP contribution < -0.4 is 5.73 Å². The number of rotatable bonds is 4. The molecule has 0 aliphatic heterocycles. The SMILES string of the molecule is CC(C)Cc1nc(Cc2ccccc2)nc(N)c1I. The van der Waals surface area contributed by atoms with Crippen molar-refractivity contribution >= 4 is 28.4 Å². The Morgan fingerprint density at radius 3 is 2.47 bits per heavy atom. The molecule has 1 aromatic heterocycles. The lowest BCUT2D eigenvalue weighted by atomic mass is 10.1. The zero-order valence-electron chi connectivity index (χ0n) is 11.2. The van der Waals surface area contributed by atoms with Crippen molar-refractivity contribution in [3.05, 3.63) is 51.0 Å². The molecule has 0 saturated carbocycles. The minimum absolute atomic E-state index is 0.562. The molecule has 0 bridgehead atoms. The van der Waals surface area contributed by atoms with E-state index >= 15 is 0 Å². The molecule has 2 rings (SSSR count). The van der Waals surface area contributed by atoms with Gasteiger partial charge in [-0.2, -0.15) is 0 Å². The molecule has 2 N–H and O–H groups in total. The van der Waals surface area contributed by atoms with E-state index in [1.165, 1.54) is 5.56 Å². The van der Waals surface area contributed by atoms with Gasteiger partial charge in [-0.05, 0) is 40.5 Å². The van der Waals surface area contributed by atoms with Gasteiger partial charge in [0.1, 0.15) is 11.6 Å². The predicted molar refractivity (Wildman–Crippen MR) is 87.0 cm³/mol. The third kappa shape index (κ3) is 3.89. The van der Waals surface area contributed by atoms with Crippen molar-refractivity contribution < 1.29 is 0 Å². The van der Waals surface area contributed by atoms with E-state index in [2.05, 4.69) is 58.5 Å². The molecule has 0 amide bonds. The Balaban J connectivity index is 2.29. The molecule has 0 fully saturated rings. The summed E-state index contributed by atoms with van der Waals surface area (Å²) in [6, 6.07) is 10.2. The minimum atomic E-state index is 0.562. The molecule has 0 aliphatic carbocycles. The van der Waals surface area contributed by atoms with Gasteiger partial charge in [0.15, 0.2) is 0 Å². The standard InChI is InChI=1S/C15H18IN3/c1-10(2)8-12-14(16)15(17)19-13(18-12)9-11-6-4-3-5-7-11/h3-7,10H,8-9H2,1-2H3,(H2,17,18,19). The first-order valence-electron chi connectivity index (χ1n) is 6.41. The first-order valence-corrected chi connectivity index (χ1v) is 7.49. The number of halogens is 1. The van der Waals surface area contributed by atoms with Crippen LogP contribution in [0.15, 0.2) is 30.3 Å². The van der Waals surface area contributed by atoms with Crippen molar-refractivity contribution in [1.29, 1.82) is 0 Å². The number of nitrogens with two attached hydrogens (primary N) is 1. The number of nitrogens with zero attached hydrogens (tertiary/aromatic N) is 2. The fourth-order valence-electron chi connectivity index (χ4n) is 1.95. The summed E-state index contributed by atoms with van der Waals surface area (Å²) >= 11 is 2.24. The Bertz CT molecular complexity index is 553. The topological polar surface area (TPSA) is 51.8 Å². The predicted octanol–water partition coefficient (Wildman–Crippen LogP) is 3.45. The average molecular weight is 367 g/mol. The second kappa shape index (κ2) is 6.32. The summed E-state index contributed by atoms with van der Waals surface area (Å²) < 4.78 is 0.989. The van der Waals surface area contributed by atoms with E-state index in [9.17, 15) is 0 Å². The molecule has 4 heteroatoms. The highest BCUT2D eigenvalue weighted by atomic mass is 127. The quantitative estimate of drug-likeness (QED) is 0.843. The third-order valence-corrected chi connectivity index (χ3v) is 3.97. The molecule has 19 heavy (non-hydrogen) atoms. The van der Waals surface area contributed by atoms with Crippen LogP contribution in [-0.4, -0.2) is 9.97 Å². The van der Waals surface area contributed by atoms with Crippen LogP contribution in [0.2, 0.25) is 0 Å². The molecule has 0 saturated heterocycles. The van der Waals surface area contributed by atoms with Crippen molar-refractivity contribution in [1.82, 2.24) is 9.97 Å². The van der Waals surface area contributed by atoms with Gasteiger partial charge in [-0.25, -0.2) is 9.97 Å². The first kappa shape index (κ1) is 14.2. The van der Waals surface area contributed by atoms with Crippen LogP contribution in [0.5, 0.6) is 0 Å². The highest BCUT2D eigenvalue weighted by molar-refractivity contribution is 14.1. The largest absolute Gasteiger partial charge is 0.383 e. The highest BCUT2D eigenvalue weighted by Gasteiger charge is 2.11.